The molecule has 0 radical (unpaired) electrons. The van der Waals surface area contributed by atoms with Crippen LogP contribution in [-0.2, 0) is 4.84 Å². The van der Waals surface area contributed by atoms with E-state index in [1.54, 1.807) is 6.92 Å². The molecule has 0 aliphatic carbocycles. The highest BCUT2D eigenvalue weighted by atomic mass is 35.5. The van der Waals surface area contributed by atoms with Crippen LogP contribution in [0.2, 0.25) is 5.02 Å². The maximum Gasteiger partial charge on any atom is 0.353 e. The number of rotatable bonds is 2. The molecule has 0 spiro atoms. The van der Waals surface area contributed by atoms with Gasteiger partial charge in [-0.15, -0.1) is 0 Å². The first kappa shape index (κ1) is 9.73. The van der Waals surface area contributed by atoms with Crippen molar-refractivity contribution in [2.75, 3.05) is 12.8 Å². The van der Waals surface area contributed by atoms with Crippen molar-refractivity contribution >= 4 is 23.1 Å². The van der Waals surface area contributed by atoms with E-state index < -0.39 is 0 Å². The number of nitrogen functional groups attached to an aromatic ring is 1. The highest BCUT2D eigenvalue weighted by Gasteiger charge is 2.22. The normalized spacial score (nSPS) is 9.77. The molecule has 5 nitrogen and oxygen atoms in total. The van der Waals surface area contributed by atoms with E-state index in [1.165, 1.54) is 13.3 Å². The fourth-order valence-electron chi connectivity index (χ4n) is 0.814. The van der Waals surface area contributed by atoms with Crippen molar-refractivity contribution in [3.63, 3.8) is 0 Å². The van der Waals surface area contributed by atoms with Crippen LogP contribution in [0.3, 0.4) is 0 Å². The molecule has 0 aliphatic rings. The molecule has 0 saturated heterocycles. The summed E-state index contributed by atoms with van der Waals surface area (Å²) in [5, 5.41) is 0.254. The van der Waals surface area contributed by atoms with Crippen molar-refractivity contribution in [3.05, 3.63) is 21.7 Å². The van der Waals surface area contributed by atoms with Crippen LogP contribution in [0.4, 0.5) is 11.5 Å². The summed E-state index contributed by atoms with van der Waals surface area (Å²) in [6, 6.07) is 0. The monoisotopic (exact) mass is 202 g/mol. The average molecular weight is 203 g/mol. The predicted molar refractivity (Wildman–Crippen MR) is 48.7 cm³/mol. The van der Waals surface area contributed by atoms with Gasteiger partial charge in [-0.2, -0.15) is 0 Å². The third-order valence-corrected chi connectivity index (χ3v) is 2.10. The first-order valence-electron chi connectivity index (χ1n) is 3.50. The molecule has 0 aromatic carbocycles. The number of pyridine rings is 1. The molecule has 6 heteroatoms. The molecular formula is C7H9ClN3O2+. The largest absolute Gasteiger partial charge is 0.383 e. The summed E-state index contributed by atoms with van der Waals surface area (Å²) in [6.07, 6.45) is 1.27. The van der Waals surface area contributed by atoms with Crippen LogP contribution in [-0.4, -0.2) is 17.0 Å². The Hall–Kier alpha value is -1.36. The van der Waals surface area contributed by atoms with Crippen LogP contribution >= 0.6 is 11.6 Å². The van der Waals surface area contributed by atoms with Gasteiger partial charge in [0.15, 0.2) is 7.11 Å². The lowest BCUT2D eigenvalue weighted by Gasteiger charge is -1.99. The molecule has 0 aliphatic heterocycles. The minimum atomic E-state index is 0.149. The third-order valence-electron chi connectivity index (χ3n) is 1.63. The fraction of sp³-hybridized carbons (Fsp3) is 0.286. The van der Waals surface area contributed by atoms with Crippen LogP contribution in [0.15, 0.2) is 6.20 Å². The van der Waals surface area contributed by atoms with Gasteiger partial charge in [0.1, 0.15) is 17.0 Å². The SMILES string of the molecule is CO[N+](=O)c1cnc(N)c(C)c1Cl. The van der Waals surface area contributed by atoms with Gasteiger partial charge in [-0.05, 0) is 6.92 Å². The van der Waals surface area contributed by atoms with E-state index in [2.05, 4.69) is 9.82 Å². The molecule has 1 heterocycles. The van der Waals surface area contributed by atoms with E-state index in [-0.39, 0.29) is 15.6 Å². The second-order valence-electron chi connectivity index (χ2n) is 2.41. The van der Waals surface area contributed by atoms with Gasteiger partial charge in [0.25, 0.3) is 4.92 Å². The Morgan fingerprint density at radius 2 is 2.31 bits per heavy atom. The summed E-state index contributed by atoms with van der Waals surface area (Å²) in [5.74, 6) is 0.304. The van der Waals surface area contributed by atoms with Gasteiger partial charge in [-0.1, -0.05) is 11.6 Å². The molecule has 0 unspecified atom stereocenters. The van der Waals surface area contributed by atoms with Crippen LogP contribution in [0, 0.1) is 11.8 Å². The second kappa shape index (κ2) is 3.57. The Morgan fingerprint density at radius 3 is 2.85 bits per heavy atom. The van der Waals surface area contributed by atoms with E-state index >= 15 is 0 Å². The van der Waals surface area contributed by atoms with Gasteiger partial charge in [0.2, 0.25) is 0 Å². The van der Waals surface area contributed by atoms with E-state index in [4.69, 9.17) is 17.3 Å². The van der Waals surface area contributed by atoms with Gasteiger partial charge in [-0.25, -0.2) is 9.82 Å². The molecule has 0 saturated carbocycles. The predicted octanol–water partition coefficient (Wildman–Crippen LogP) is 1.60. The van der Waals surface area contributed by atoms with Crippen LogP contribution in [0.25, 0.3) is 0 Å². The Morgan fingerprint density at radius 1 is 1.69 bits per heavy atom. The topological polar surface area (TPSA) is 68.2 Å². The maximum atomic E-state index is 11.0. The third kappa shape index (κ3) is 1.70. The summed E-state index contributed by atoms with van der Waals surface area (Å²) in [4.78, 5) is 19.5. The average Bonchev–Trinajstić information content (AvgIpc) is 2.13. The maximum absolute atomic E-state index is 11.0. The van der Waals surface area contributed by atoms with E-state index in [0.717, 1.165) is 0 Å². The molecule has 0 fully saturated rings. The quantitative estimate of drug-likeness (QED) is 0.740. The first-order chi connectivity index (χ1) is 6.07. The lowest BCUT2D eigenvalue weighted by molar-refractivity contribution is -0.736. The minimum Gasteiger partial charge on any atom is -0.383 e. The highest BCUT2D eigenvalue weighted by Crippen LogP contribution is 2.29. The summed E-state index contributed by atoms with van der Waals surface area (Å²) in [6.45, 7) is 1.68. The molecular weight excluding hydrogens is 194 g/mol. The number of hydrogen-bond donors (Lipinski definition) is 1. The zero-order valence-corrected chi connectivity index (χ0v) is 8.00. The molecule has 70 valence electrons. The second-order valence-corrected chi connectivity index (χ2v) is 2.79. The van der Waals surface area contributed by atoms with Crippen molar-refractivity contribution in [1.82, 2.24) is 4.98 Å². The first-order valence-corrected chi connectivity index (χ1v) is 3.87. The number of nitrogens with two attached hydrogens (primary N) is 1. The number of aromatic nitrogens is 1. The van der Waals surface area contributed by atoms with Crippen molar-refractivity contribution in [2.24, 2.45) is 0 Å². The van der Waals surface area contributed by atoms with Crippen molar-refractivity contribution in [2.45, 2.75) is 6.92 Å². The summed E-state index contributed by atoms with van der Waals surface area (Å²) in [7, 11) is 1.25. The number of halogens is 1. The Balaban J connectivity index is 3.26. The standard InChI is InChI=1S/C7H9ClN3O2/c1-4-6(8)5(11(12)13-2)3-10-7(4)9/h3H,1-2H3,(H2,9,10)/q+1. The molecule has 1 rings (SSSR count). The minimum absolute atomic E-state index is 0.149. The van der Waals surface area contributed by atoms with Gasteiger partial charge < -0.3 is 5.73 Å². The van der Waals surface area contributed by atoms with Crippen molar-refractivity contribution in [3.8, 4) is 0 Å². The smallest absolute Gasteiger partial charge is 0.353 e. The van der Waals surface area contributed by atoms with Gasteiger partial charge in [-0.3, -0.25) is 0 Å². The van der Waals surface area contributed by atoms with Gasteiger partial charge >= 0.3 is 5.69 Å². The van der Waals surface area contributed by atoms with Gasteiger partial charge in [0.05, 0.1) is 4.91 Å². The lowest BCUT2D eigenvalue weighted by atomic mass is 10.2. The molecule has 1 aromatic heterocycles. The molecule has 1 aromatic rings. The molecule has 0 bridgehead atoms. The highest BCUT2D eigenvalue weighted by molar-refractivity contribution is 6.33. The van der Waals surface area contributed by atoms with Crippen LogP contribution < -0.4 is 5.73 Å². The van der Waals surface area contributed by atoms with E-state index in [0.29, 0.717) is 11.4 Å². The number of hydrogen-bond acceptors (Lipinski definition) is 4. The summed E-state index contributed by atoms with van der Waals surface area (Å²) < 4.78 is 0. The Bertz CT molecular complexity index is 354. The molecule has 13 heavy (non-hydrogen) atoms. The Labute approximate surface area is 80.0 Å². The van der Waals surface area contributed by atoms with E-state index in [9.17, 15) is 4.91 Å². The summed E-state index contributed by atoms with van der Waals surface area (Å²) >= 11 is 5.83. The van der Waals surface area contributed by atoms with Crippen LogP contribution in [0.5, 0.6) is 0 Å². The molecule has 0 amide bonds. The Kier molecular flexibility index (Phi) is 2.67. The number of anilines is 1. The van der Waals surface area contributed by atoms with Crippen LogP contribution in [0.1, 0.15) is 5.56 Å². The summed E-state index contributed by atoms with van der Waals surface area (Å²) in [5.41, 5.74) is 6.19. The van der Waals surface area contributed by atoms with E-state index in [1.807, 2.05) is 0 Å². The zero-order valence-electron chi connectivity index (χ0n) is 7.24. The molecule has 0 atom stereocenters. The number of nitrogens with zero attached hydrogens (tertiary/aromatic N) is 2. The fourth-order valence-corrected chi connectivity index (χ4v) is 1.03. The van der Waals surface area contributed by atoms with Crippen molar-refractivity contribution < 1.29 is 9.76 Å². The lowest BCUT2D eigenvalue weighted by Crippen LogP contribution is -2.02. The molecule has 2 N–H and O–H groups in total. The zero-order chi connectivity index (χ0) is 10.0. The van der Waals surface area contributed by atoms with Gasteiger partial charge in [0, 0.05) is 5.56 Å². The van der Waals surface area contributed by atoms with Crippen molar-refractivity contribution in [1.29, 1.82) is 0 Å².